The fourth-order valence-corrected chi connectivity index (χ4v) is 3.44. The molecule has 1 amide bonds. The number of benzene rings is 3. The Morgan fingerprint density at radius 1 is 0.933 bits per heavy atom. The molecular formula is C24H19N5O. The fraction of sp³-hybridized carbons (Fsp3) is 0.0417. The minimum atomic E-state index is -0.271. The Hall–Kier alpha value is -4.19. The van der Waals surface area contributed by atoms with E-state index in [2.05, 4.69) is 15.1 Å². The van der Waals surface area contributed by atoms with Crippen LogP contribution in [-0.2, 0) is 0 Å². The number of aromatic nitrogens is 4. The number of carbonyl (C=O) groups excluding carboxylic acids is 1. The van der Waals surface area contributed by atoms with Gasteiger partial charge in [0.05, 0.1) is 5.69 Å². The summed E-state index contributed by atoms with van der Waals surface area (Å²) in [6, 6.07) is 27.3. The molecule has 2 heterocycles. The van der Waals surface area contributed by atoms with Crippen LogP contribution in [0.1, 0.15) is 10.6 Å². The van der Waals surface area contributed by atoms with Crippen molar-refractivity contribution in [1.82, 2.24) is 19.7 Å². The highest BCUT2D eigenvalue weighted by molar-refractivity contribution is 6.04. The molecule has 0 aliphatic rings. The molecule has 0 aliphatic carbocycles. The molecule has 3 aromatic carbocycles. The maximum atomic E-state index is 13.2. The molecule has 1 N–H and O–H groups in total. The monoisotopic (exact) mass is 393 g/mol. The lowest BCUT2D eigenvalue weighted by molar-refractivity contribution is 0.0983. The molecule has 0 saturated carbocycles. The van der Waals surface area contributed by atoms with Gasteiger partial charge in [0.25, 0.3) is 5.91 Å². The molecule has 5 rings (SSSR count). The van der Waals surface area contributed by atoms with Crippen LogP contribution in [0.4, 0.5) is 5.69 Å². The molecule has 30 heavy (non-hydrogen) atoms. The van der Waals surface area contributed by atoms with E-state index in [-0.39, 0.29) is 11.7 Å². The van der Waals surface area contributed by atoms with Gasteiger partial charge in [-0.1, -0.05) is 54.6 Å². The van der Waals surface area contributed by atoms with Gasteiger partial charge in [-0.3, -0.25) is 4.79 Å². The lowest BCUT2D eigenvalue weighted by Crippen LogP contribution is -2.27. The molecule has 0 fully saturated rings. The average Bonchev–Trinajstić information content (AvgIpc) is 3.46. The van der Waals surface area contributed by atoms with E-state index in [1.54, 1.807) is 16.6 Å². The number of anilines is 1. The quantitative estimate of drug-likeness (QED) is 0.482. The number of nitrogens with zero attached hydrogens (tertiary/aromatic N) is 4. The third-order valence-electron chi connectivity index (χ3n) is 5.06. The van der Waals surface area contributed by atoms with Crippen molar-refractivity contribution >= 4 is 22.5 Å². The molecule has 5 aromatic rings. The van der Waals surface area contributed by atoms with Crippen LogP contribution in [0.3, 0.4) is 0 Å². The zero-order valence-electron chi connectivity index (χ0n) is 16.4. The predicted molar refractivity (Wildman–Crippen MR) is 118 cm³/mol. The lowest BCUT2D eigenvalue weighted by Gasteiger charge is -2.15. The SMILES string of the molecule is CN(C(=O)c1nc(-c2ccccc2)n(-c2ccccc2)n1)c1ccc2cc[nH]c2c1. The van der Waals surface area contributed by atoms with Gasteiger partial charge < -0.3 is 9.88 Å². The smallest absolute Gasteiger partial charge is 0.297 e. The van der Waals surface area contributed by atoms with Crippen LogP contribution in [0.2, 0.25) is 0 Å². The zero-order chi connectivity index (χ0) is 20.5. The van der Waals surface area contributed by atoms with Gasteiger partial charge in [0, 0.05) is 30.0 Å². The largest absolute Gasteiger partial charge is 0.361 e. The maximum Gasteiger partial charge on any atom is 0.297 e. The fourth-order valence-electron chi connectivity index (χ4n) is 3.44. The number of rotatable bonds is 4. The number of para-hydroxylation sites is 1. The van der Waals surface area contributed by atoms with Crippen LogP contribution in [0.15, 0.2) is 91.1 Å². The van der Waals surface area contributed by atoms with E-state index >= 15 is 0 Å². The van der Waals surface area contributed by atoms with E-state index in [0.29, 0.717) is 5.82 Å². The Bertz CT molecular complexity index is 1260. The van der Waals surface area contributed by atoms with Gasteiger partial charge in [0.2, 0.25) is 5.82 Å². The number of aromatic amines is 1. The first kappa shape index (κ1) is 17.9. The van der Waals surface area contributed by atoms with Crippen molar-refractivity contribution in [3.63, 3.8) is 0 Å². The molecule has 0 bridgehead atoms. The van der Waals surface area contributed by atoms with Crippen molar-refractivity contribution in [2.75, 3.05) is 11.9 Å². The van der Waals surface area contributed by atoms with Crippen LogP contribution >= 0.6 is 0 Å². The van der Waals surface area contributed by atoms with Crippen LogP contribution in [0.5, 0.6) is 0 Å². The van der Waals surface area contributed by atoms with Crippen LogP contribution in [-0.4, -0.2) is 32.7 Å². The van der Waals surface area contributed by atoms with Crippen molar-refractivity contribution in [3.05, 3.63) is 97.0 Å². The Balaban J connectivity index is 1.56. The maximum absolute atomic E-state index is 13.2. The molecular weight excluding hydrogens is 374 g/mol. The number of hydrogen-bond acceptors (Lipinski definition) is 3. The highest BCUT2D eigenvalue weighted by atomic mass is 16.2. The summed E-state index contributed by atoms with van der Waals surface area (Å²) in [7, 11) is 1.73. The van der Waals surface area contributed by atoms with Gasteiger partial charge in [0.1, 0.15) is 0 Å². The van der Waals surface area contributed by atoms with Gasteiger partial charge in [-0.2, -0.15) is 0 Å². The third kappa shape index (κ3) is 3.14. The molecule has 0 spiro atoms. The summed E-state index contributed by atoms with van der Waals surface area (Å²) in [5.41, 5.74) is 3.48. The number of amides is 1. The summed E-state index contributed by atoms with van der Waals surface area (Å²) >= 11 is 0. The van der Waals surface area contributed by atoms with Crippen molar-refractivity contribution < 1.29 is 4.79 Å². The van der Waals surface area contributed by atoms with Crippen molar-refractivity contribution in [2.24, 2.45) is 0 Å². The van der Waals surface area contributed by atoms with Crippen molar-refractivity contribution in [3.8, 4) is 17.1 Å². The average molecular weight is 393 g/mol. The molecule has 146 valence electrons. The normalized spacial score (nSPS) is 11.0. The molecule has 0 aliphatic heterocycles. The molecule has 6 heteroatoms. The topological polar surface area (TPSA) is 66.8 Å². The third-order valence-corrected chi connectivity index (χ3v) is 5.06. The lowest BCUT2D eigenvalue weighted by atomic mass is 10.2. The molecule has 6 nitrogen and oxygen atoms in total. The summed E-state index contributed by atoms with van der Waals surface area (Å²) < 4.78 is 1.71. The standard InChI is InChI=1S/C24H19N5O/c1-28(20-13-12-17-14-15-25-21(17)16-20)24(30)22-26-23(18-8-4-2-5-9-18)29(27-22)19-10-6-3-7-11-19/h2-16,25H,1H3. The molecule has 0 saturated heterocycles. The Morgan fingerprint density at radius 3 is 2.43 bits per heavy atom. The molecule has 0 unspecified atom stereocenters. The van der Waals surface area contributed by atoms with Gasteiger partial charge >= 0.3 is 0 Å². The second kappa shape index (κ2) is 7.33. The van der Waals surface area contributed by atoms with E-state index in [4.69, 9.17) is 0 Å². The highest BCUT2D eigenvalue weighted by Gasteiger charge is 2.22. The Kier molecular flexibility index (Phi) is 4.37. The van der Waals surface area contributed by atoms with Gasteiger partial charge in [-0.05, 0) is 35.7 Å². The summed E-state index contributed by atoms with van der Waals surface area (Å²) in [6.45, 7) is 0. The predicted octanol–water partition coefficient (Wildman–Crippen LogP) is 4.69. The molecule has 0 atom stereocenters. The number of carbonyl (C=O) groups is 1. The first-order valence-electron chi connectivity index (χ1n) is 9.64. The van der Waals surface area contributed by atoms with Crippen LogP contribution in [0.25, 0.3) is 28.0 Å². The van der Waals surface area contributed by atoms with Gasteiger partial charge in [-0.15, -0.1) is 5.10 Å². The Morgan fingerprint density at radius 2 is 1.67 bits per heavy atom. The second-order valence-corrected chi connectivity index (χ2v) is 6.99. The summed E-state index contributed by atoms with van der Waals surface area (Å²) in [6.07, 6.45) is 1.88. The Labute approximate surface area is 173 Å². The van der Waals surface area contributed by atoms with Crippen molar-refractivity contribution in [2.45, 2.75) is 0 Å². The minimum Gasteiger partial charge on any atom is -0.361 e. The van der Waals surface area contributed by atoms with E-state index in [1.165, 1.54) is 0 Å². The molecule has 0 radical (unpaired) electrons. The number of H-pyrrole nitrogens is 1. The van der Waals surface area contributed by atoms with Gasteiger partial charge in [-0.25, -0.2) is 9.67 Å². The zero-order valence-corrected chi connectivity index (χ0v) is 16.4. The molecule has 2 aromatic heterocycles. The summed E-state index contributed by atoms with van der Waals surface area (Å²) in [5, 5.41) is 5.66. The van der Waals surface area contributed by atoms with Crippen molar-refractivity contribution in [1.29, 1.82) is 0 Å². The first-order valence-corrected chi connectivity index (χ1v) is 9.64. The minimum absolute atomic E-state index is 0.145. The van der Waals surface area contributed by atoms with E-state index < -0.39 is 0 Å². The van der Waals surface area contributed by atoms with E-state index in [0.717, 1.165) is 27.8 Å². The summed E-state index contributed by atoms with van der Waals surface area (Å²) in [5.74, 6) is 0.498. The van der Waals surface area contributed by atoms with E-state index in [1.807, 2.05) is 91.1 Å². The highest BCUT2D eigenvalue weighted by Crippen LogP contribution is 2.24. The first-order chi connectivity index (χ1) is 14.7. The summed E-state index contributed by atoms with van der Waals surface area (Å²) in [4.78, 5) is 22.6. The number of fused-ring (bicyclic) bond motifs is 1. The number of hydrogen-bond donors (Lipinski definition) is 1. The van der Waals surface area contributed by atoms with Crippen LogP contribution in [0, 0.1) is 0 Å². The number of nitrogens with one attached hydrogen (secondary N) is 1. The van der Waals surface area contributed by atoms with Crippen LogP contribution < -0.4 is 4.90 Å². The van der Waals surface area contributed by atoms with E-state index in [9.17, 15) is 4.79 Å². The second-order valence-electron chi connectivity index (χ2n) is 6.99. The van der Waals surface area contributed by atoms with Gasteiger partial charge in [0.15, 0.2) is 5.82 Å².